The largest absolute Gasteiger partial charge is 0.345 e. The molecule has 0 amide bonds. The summed E-state index contributed by atoms with van der Waals surface area (Å²) >= 11 is 3.43. The number of carbonyl (C=O) groups excluding carboxylic acids is 1. The lowest BCUT2D eigenvalue weighted by Crippen LogP contribution is -1.94. The topological polar surface area (TPSA) is 58.6 Å². The molecule has 3 rings (SSSR count). The van der Waals surface area contributed by atoms with E-state index in [0.29, 0.717) is 17.0 Å². The van der Waals surface area contributed by atoms with Crippen molar-refractivity contribution in [2.45, 2.75) is 6.92 Å². The van der Waals surface area contributed by atoms with Gasteiger partial charge in [-0.2, -0.15) is 0 Å². The first kappa shape index (κ1) is 12.0. The summed E-state index contributed by atoms with van der Waals surface area (Å²) < 4.78 is 0.978. The lowest BCUT2D eigenvalue weighted by atomic mass is 10.2. The molecule has 4 nitrogen and oxygen atoms in total. The van der Waals surface area contributed by atoms with E-state index in [1.807, 2.05) is 31.2 Å². The summed E-state index contributed by atoms with van der Waals surface area (Å²) in [6, 6.07) is 7.81. The van der Waals surface area contributed by atoms with Crippen molar-refractivity contribution < 1.29 is 4.79 Å². The van der Waals surface area contributed by atoms with Crippen LogP contribution in [0.1, 0.15) is 16.1 Å². The van der Waals surface area contributed by atoms with Crippen LogP contribution in [0.2, 0.25) is 0 Å². The number of hydrogen-bond donors (Lipinski definition) is 1. The SMILES string of the molecule is Cc1nc(-c2cccc(Br)c2)nc2[nH]cc(C=O)c12. The molecule has 0 aliphatic carbocycles. The van der Waals surface area contributed by atoms with Gasteiger partial charge in [-0.15, -0.1) is 0 Å². The normalized spacial score (nSPS) is 10.8. The zero-order valence-electron chi connectivity index (χ0n) is 10.1. The third kappa shape index (κ3) is 2.06. The van der Waals surface area contributed by atoms with Gasteiger partial charge >= 0.3 is 0 Å². The fraction of sp³-hybridized carbons (Fsp3) is 0.0714. The number of aldehydes is 1. The van der Waals surface area contributed by atoms with Gasteiger partial charge in [-0.1, -0.05) is 28.1 Å². The third-order valence-electron chi connectivity index (χ3n) is 2.95. The minimum Gasteiger partial charge on any atom is -0.345 e. The van der Waals surface area contributed by atoms with E-state index in [2.05, 4.69) is 30.9 Å². The van der Waals surface area contributed by atoms with Crippen LogP contribution < -0.4 is 0 Å². The summed E-state index contributed by atoms with van der Waals surface area (Å²) in [6.45, 7) is 1.88. The van der Waals surface area contributed by atoms with Crippen LogP contribution in [0.3, 0.4) is 0 Å². The maximum atomic E-state index is 11.0. The van der Waals surface area contributed by atoms with Gasteiger partial charge in [-0.3, -0.25) is 4.79 Å². The molecule has 0 spiro atoms. The quantitative estimate of drug-likeness (QED) is 0.736. The maximum absolute atomic E-state index is 11.0. The number of nitrogens with zero attached hydrogens (tertiary/aromatic N) is 2. The Labute approximate surface area is 118 Å². The van der Waals surface area contributed by atoms with E-state index in [0.717, 1.165) is 27.4 Å². The van der Waals surface area contributed by atoms with Crippen LogP contribution in [0.5, 0.6) is 0 Å². The van der Waals surface area contributed by atoms with E-state index in [1.165, 1.54) is 0 Å². The Hall–Kier alpha value is -2.01. The summed E-state index contributed by atoms with van der Waals surface area (Å²) in [7, 11) is 0. The predicted octanol–water partition coefficient (Wildman–Crippen LogP) is 3.51. The molecule has 0 saturated carbocycles. The Morgan fingerprint density at radius 3 is 2.89 bits per heavy atom. The number of H-pyrrole nitrogens is 1. The molecule has 0 saturated heterocycles. The first-order valence-electron chi connectivity index (χ1n) is 5.76. The van der Waals surface area contributed by atoms with Crippen molar-refractivity contribution in [3.05, 3.63) is 46.2 Å². The Kier molecular flexibility index (Phi) is 2.91. The lowest BCUT2D eigenvalue weighted by molar-refractivity contribution is 0.112. The first-order valence-corrected chi connectivity index (χ1v) is 6.55. The number of rotatable bonds is 2. The Morgan fingerprint density at radius 2 is 2.16 bits per heavy atom. The van der Waals surface area contributed by atoms with Crippen molar-refractivity contribution in [3.63, 3.8) is 0 Å². The van der Waals surface area contributed by atoms with E-state index in [4.69, 9.17) is 0 Å². The molecule has 2 heterocycles. The minimum atomic E-state index is 0.591. The number of fused-ring (bicyclic) bond motifs is 1. The molecule has 19 heavy (non-hydrogen) atoms. The van der Waals surface area contributed by atoms with Gasteiger partial charge in [0.2, 0.25) is 0 Å². The van der Waals surface area contributed by atoms with Crippen LogP contribution in [-0.2, 0) is 0 Å². The van der Waals surface area contributed by atoms with Crippen LogP contribution >= 0.6 is 15.9 Å². The zero-order chi connectivity index (χ0) is 13.4. The first-order chi connectivity index (χ1) is 9.19. The molecule has 3 aromatic rings. The van der Waals surface area contributed by atoms with Crippen LogP contribution in [0.25, 0.3) is 22.4 Å². The van der Waals surface area contributed by atoms with Gasteiger partial charge in [-0.05, 0) is 19.1 Å². The predicted molar refractivity (Wildman–Crippen MR) is 77.1 cm³/mol. The number of nitrogens with one attached hydrogen (secondary N) is 1. The number of aryl methyl sites for hydroxylation is 1. The van der Waals surface area contributed by atoms with Gasteiger partial charge < -0.3 is 4.98 Å². The van der Waals surface area contributed by atoms with Crippen LogP contribution in [0.15, 0.2) is 34.9 Å². The molecule has 1 N–H and O–H groups in total. The van der Waals surface area contributed by atoms with Gasteiger partial charge in [0.25, 0.3) is 0 Å². The molecule has 94 valence electrons. The average molecular weight is 316 g/mol. The third-order valence-corrected chi connectivity index (χ3v) is 3.45. The summed E-state index contributed by atoms with van der Waals surface area (Å²) in [5.74, 6) is 0.644. The fourth-order valence-electron chi connectivity index (χ4n) is 2.09. The molecule has 2 aromatic heterocycles. The van der Waals surface area contributed by atoms with Crippen molar-refractivity contribution in [3.8, 4) is 11.4 Å². The highest BCUT2D eigenvalue weighted by Crippen LogP contribution is 2.24. The van der Waals surface area contributed by atoms with Crippen molar-refractivity contribution in [1.29, 1.82) is 0 Å². The number of hydrogen-bond acceptors (Lipinski definition) is 3. The van der Waals surface area contributed by atoms with E-state index in [1.54, 1.807) is 6.20 Å². The highest BCUT2D eigenvalue weighted by Gasteiger charge is 2.11. The number of carbonyl (C=O) groups is 1. The van der Waals surface area contributed by atoms with E-state index >= 15 is 0 Å². The average Bonchev–Trinajstić information content (AvgIpc) is 2.82. The molecule has 0 fully saturated rings. The molecule has 1 aromatic carbocycles. The van der Waals surface area contributed by atoms with E-state index in [-0.39, 0.29) is 0 Å². The van der Waals surface area contributed by atoms with Crippen LogP contribution in [-0.4, -0.2) is 21.2 Å². The second-order valence-electron chi connectivity index (χ2n) is 4.23. The standard InChI is InChI=1S/C14H10BrN3O/c1-8-12-10(7-19)6-16-14(12)18-13(17-8)9-3-2-4-11(15)5-9/h2-7H,1H3,(H,16,17,18). The number of aromatic nitrogens is 3. The number of aromatic amines is 1. The molecule has 0 atom stereocenters. The molecular formula is C14H10BrN3O. The highest BCUT2D eigenvalue weighted by molar-refractivity contribution is 9.10. The molecule has 0 aliphatic rings. The summed E-state index contributed by atoms with van der Waals surface area (Å²) in [5, 5.41) is 0.786. The van der Waals surface area contributed by atoms with E-state index < -0.39 is 0 Å². The van der Waals surface area contributed by atoms with Crippen molar-refractivity contribution in [1.82, 2.24) is 15.0 Å². The monoisotopic (exact) mass is 315 g/mol. The molecular weight excluding hydrogens is 306 g/mol. The molecule has 0 aliphatic heterocycles. The summed E-state index contributed by atoms with van der Waals surface area (Å²) in [5.41, 5.74) is 3.00. The molecule has 0 radical (unpaired) electrons. The second kappa shape index (κ2) is 4.59. The molecule has 0 bridgehead atoms. The van der Waals surface area contributed by atoms with E-state index in [9.17, 15) is 4.79 Å². The number of benzene rings is 1. The Bertz CT molecular complexity index is 779. The van der Waals surface area contributed by atoms with Gasteiger partial charge in [-0.25, -0.2) is 9.97 Å². The zero-order valence-corrected chi connectivity index (χ0v) is 11.7. The molecule has 0 unspecified atom stereocenters. The fourth-order valence-corrected chi connectivity index (χ4v) is 2.49. The van der Waals surface area contributed by atoms with Crippen molar-refractivity contribution in [2.24, 2.45) is 0 Å². The van der Waals surface area contributed by atoms with Crippen molar-refractivity contribution >= 4 is 33.2 Å². The van der Waals surface area contributed by atoms with Crippen LogP contribution in [0.4, 0.5) is 0 Å². The van der Waals surface area contributed by atoms with Crippen molar-refractivity contribution in [2.75, 3.05) is 0 Å². The van der Waals surface area contributed by atoms with Crippen LogP contribution in [0, 0.1) is 6.92 Å². The summed E-state index contributed by atoms with van der Waals surface area (Å²) in [4.78, 5) is 22.9. The molecule has 5 heteroatoms. The minimum absolute atomic E-state index is 0.591. The van der Waals surface area contributed by atoms with Gasteiger partial charge in [0.15, 0.2) is 12.1 Å². The second-order valence-corrected chi connectivity index (χ2v) is 5.14. The Morgan fingerprint density at radius 1 is 1.32 bits per heavy atom. The van der Waals surface area contributed by atoms with Gasteiger partial charge in [0.05, 0.1) is 11.1 Å². The number of halogens is 1. The lowest BCUT2D eigenvalue weighted by Gasteiger charge is -2.03. The Balaban J connectivity index is 2.24. The van der Waals surface area contributed by atoms with Gasteiger partial charge in [0.1, 0.15) is 5.65 Å². The highest BCUT2D eigenvalue weighted by atomic mass is 79.9. The smallest absolute Gasteiger partial charge is 0.161 e. The van der Waals surface area contributed by atoms with Gasteiger partial charge in [0, 0.05) is 21.8 Å². The maximum Gasteiger partial charge on any atom is 0.161 e. The summed E-state index contributed by atoms with van der Waals surface area (Å²) in [6.07, 6.45) is 2.47.